The molecule has 2 aromatic rings. The largest absolute Gasteiger partial charge is 0.398 e. The van der Waals surface area contributed by atoms with Crippen LogP contribution in [-0.2, 0) is 10.3 Å². The summed E-state index contributed by atoms with van der Waals surface area (Å²) < 4.78 is 7.36. The van der Waals surface area contributed by atoms with Gasteiger partial charge in [0.1, 0.15) is 0 Å². The van der Waals surface area contributed by atoms with Crippen LogP contribution in [0.25, 0.3) is 11.4 Å². The topological polar surface area (TPSA) is 78.9 Å². The minimum absolute atomic E-state index is 0.275. The molecule has 3 rings (SSSR count). The van der Waals surface area contributed by atoms with Gasteiger partial charge in [-0.1, -0.05) is 17.7 Å². The Labute approximate surface area is 121 Å². The summed E-state index contributed by atoms with van der Waals surface area (Å²) in [5, 5.41) is 12.6. The number of anilines is 1. The van der Waals surface area contributed by atoms with E-state index < -0.39 is 0 Å². The van der Waals surface area contributed by atoms with E-state index >= 15 is 0 Å². The molecular weight excluding hydrogens is 278 g/mol. The molecule has 1 aromatic carbocycles. The first kappa shape index (κ1) is 13.3. The van der Waals surface area contributed by atoms with E-state index in [1.807, 2.05) is 0 Å². The van der Waals surface area contributed by atoms with Crippen molar-refractivity contribution < 1.29 is 4.74 Å². The van der Waals surface area contributed by atoms with Gasteiger partial charge >= 0.3 is 0 Å². The molecule has 2 heterocycles. The summed E-state index contributed by atoms with van der Waals surface area (Å²) in [5.41, 5.74) is 6.99. The summed E-state index contributed by atoms with van der Waals surface area (Å²) in [6, 6.07) is 5.38. The number of nitrogen functional groups attached to an aromatic ring is 1. The van der Waals surface area contributed by atoms with Gasteiger partial charge in [-0.25, -0.2) is 4.68 Å². The summed E-state index contributed by atoms with van der Waals surface area (Å²) in [7, 11) is 0. The third kappa shape index (κ3) is 2.14. The van der Waals surface area contributed by atoms with Gasteiger partial charge in [0.2, 0.25) is 0 Å². The predicted octanol–water partition coefficient (Wildman–Crippen LogP) is 2.10. The summed E-state index contributed by atoms with van der Waals surface area (Å²) >= 11 is 6.26. The van der Waals surface area contributed by atoms with Crippen molar-refractivity contribution in [3.8, 4) is 11.4 Å². The van der Waals surface area contributed by atoms with Crippen molar-refractivity contribution in [2.45, 2.75) is 25.3 Å². The molecule has 7 heteroatoms. The second-order valence-corrected chi connectivity index (χ2v) is 5.68. The second-order valence-electron chi connectivity index (χ2n) is 5.27. The number of halogens is 1. The highest BCUT2D eigenvalue weighted by atomic mass is 35.5. The minimum atomic E-state index is -0.275. The van der Waals surface area contributed by atoms with Gasteiger partial charge < -0.3 is 10.5 Å². The number of aromatic nitrogens is 4. The second kappa shape index (κ2) is 5.03. The molecule has 1 aliphatic rings. The molecule has 20 heavy (non-hydrogen) atoms. The first-order valence-electron chi connectivity index (χ1n) is 6.53. The molecule has 0 bridgehead atoms. The Bertz CT molecular complexity index is 601. The van der Waals surface area contributed by atoms with Crippen LogP contribution in [-0.4, -0.2) is 33.4 Å². The van der Waals surface area contributed by atoms with Crippen molar-refractivity contribution in [3.05, 3.63) is 23.2 Å². The maximum Gasteiger partial charge on any atom is 0.186 e. The molecule has 1 aliphatic heterocycles. The quantitative estimate of drug-likeness (QED) is 0.858. The average molecular weight is 294 g/mol. The van der Waals surface area contributed by atoms with E-state index in [4.69, 9.17) is 22.1 Å². The zero-order chi connectivity index (χ0) is 14.2. The van der Waals surface area contributed by atoms with E-state index in [1.165, 1.54) is 0 Å². The summed E-state index contributed by atoms with van der Waals surface area (Å²) in [6.45, 7) is 3.44. The highest BCUT2D eigenvalue weighted by Crippen LogP contribution is 2.35. The smallest absolute Gasteiger partial charge is 0.186 e. The number of tetrazole rings is 1. The lowest BCUT2D eigenvalue weighted by molar-refractivity contribution is 0.00349. The molecule has 0 spiro atoms. The third-order valence-corrected chi connectivity index (χ3v) is 3.98. The number of rotatable bonds is 2. The van der Waals surface area contributed by atoms with Gasteiger partial charge in [0.15, 0.2) is 5.82 Å². The van der Waals surface area contributed by atoms with Gasteiger partial charge in [-0.05, 0) is 42.3 Å². The number of nitrogens with two attached hydrogens (primary N) is 1. The van der Waals surface area contributed by atoms with Crippen molar-refractivity contribution in [3.63, 3.8) is 0 Å². The Balaban J connectivity index is 2.11. The van der Waals surface area contributed by atoms with Gasteiger partial charge in [-0.2, -0.15) is 0 Å². The molecule has 1 saturated heterocycles. The van der Waals surface area contributed by atoms with Crippen LogP contribution in [0.15, 0.2) is 18.2 Å². The van der Waals surface area contributed by atoms with Crippen LogP contribution in [0.2, 0.25) is 5.02 Å². The standard InChI is InChI=1S/C13H16ClN5O/c1-13(6-3-7-20-8-13)19-12(16-17-18-19)11-9(14)4-2-5-10(11)15/h2,4-5H,3,6-8,15H2,1H3. The van der Waals surface area contributed by atoms with Crippen LogP contribution in [0, 0.1) is 0 Å². The molecule has 0 amide bonds. The molecule has 0 radical (unpaired) electrons. The maximum absolute atomic E-state index is 6.26. The molecule has 1 fully saturated rings. The Morgan fingerprint density at radius 1 is 1.45 bits per heavy atom. The molecular formula is C13H16ClN5O. The van der Waals surface area contributed by atoms with E-state index in [0.717, 1.165) is 19.4 Å². The minimum Gasteiger partial charge on any atom is -0.398 e. The monoisotopic (exact) mass is 293 g/mol. The van der Waals surface area contributed by atoms with E-state index in [1.54, 1.807) is 22.9 Å². The fourth-order valence-electron chi connectivity index (χ4n) is 2.57. The number of hydrogen-bond acceptors (Lipinski definition) is 5. The van der Waals surface area contributed by atoms with Crippen molar-refractivity contribution in [2.75, 3.05) is 18.9 Å². The molecule has 0 aliphatic carbocycles. The lowest BCUT2D eigenvalue weighted by Gasteiger charge is -2.33. The van der Waals surface area contributed by atoms with Gasteiger partial charge in [0.05, 0.1) is 22.7 Å². The van der Waals surface area contributed by atoms with E-state index in [-0.39, 0.29) is 5.54 Å². The van der Waals surface area contributed by atoms with Crippen LogP contribution < -0.4 is 5.73 Å². The van der Waals surface area contributed by atoms with Crippen LogP contribution in [0.5, 0.6) is 0 Å². The molecule has 0 saturated carbocycles. The molecule has 1 atom stereocenters. The summed E-state index contributed by atoms with van der Waals surface area (Å²) in [5.74, 6) is 0.584. The van der Waals surface area contributed by atoms with E-state index in [9.17, 15) is 0 Å². The zero-order valence-corrected chi connectivity index (χ0v) is 12.0. The third-order valence-electron chi connectivity index (χ3n) is 3.67. The van der Waals surface area contributed by atoms with E-state index in [2.05, 4.69) is 22.4 Å². The lowest BCUT2D eigenvalue weighted by atomic mass is 9.94. The van der Waals surface area contributed by atoms with Crippen LogP contribution in [0.3, 0.4) is 0 Å². The van der Waals surface area contributed by atoms with Crippen molar-refractivity contribution in [2.24, 2.45) is 0 Å². The molecule has 1 unspecified atom stereocenters. The van der Waals surface area contributed by atoms with Crippen molar-refractivity contribution >= 4 is 17.3 Å². The Morgan fingerprint density at radius 2 is 2.30 bits per heavy atom. The molecule has 106 valence electrons. The maximum atomic E-state index is 6.26. The number of ether oxygens (including phenoxy) is 1. The van der Waals surface area contributed by atoms with Gasteiger partial charge in [-0.15, -0.1) is 5.10 Å². The van der Waals surface area contributed by atoms with Crippen molar-refractivity contribution in [1.82, 2.24) is 20.2 Å². The first-order valence-corrected chi connectivity index (χ1v) is 6.90. The normalized spacial score (nSPS) is 22.9. The van der Waals surface area contributed by atoms with Crippen LogP contribution in [0.1, 0.15) is 19.8 Å². The fourth-order valence-corrected chi connectivity index (χ4v) is 2.84. The number of benzene rings is 1. The Morgan fingerprint density at radius 3 is 3.00 bits per heavy atom. The fraction of sp³-hybridized carbons (Fsp3) is 0.462. The van der Waals surface area contributed by atoms with Gasteiger partial charge in [-0.3, -0.25) is 0 Å². The van der Waals surface area contributed by atoms with Crippen LogP contribution in [0.4, 0.5) is 5.69 Å². The first-order chi connectivity index (χ1) is 9.62. The average Bonchev–Trinajstić information content (AvgIpc) is 2.89. The Kier molecular flexibility index (Phi) is 3.35. The molecule has 1 aromatic heterocycles. The highest BCUT2D eigenvalue weighted by molar-refractivity contribution is 6.33. The van der Waals surface area contributed by atoms with Crippen LogP contribution >= 0.6 is 11.6 Å². The van der Waals surface area contributed by atoms with E-state index in [0.29, 0.717) is 28.7 Å². The Hall–Kier alpha value is -1.66. The zero-order valence-electron chi connectivity index (χ0n) is 11.2. The molecule has 2 N–H and O–H groups in total. The predicted molar refractivity (Wildman–Crippen MR) is 76.4 cm³/mol. The SMILES string of the molecule is CC1(n2nnnc2-c2c(N)cccc2Cl)CCCOC1. The lowest BCUT2D eigenvalue weighted by Crippen LogP contribution is -2.40. The summed E-state index contributed by atoms with van der Waals surface area (Å²) in [4.78, 5) is 0. The molecule has 6 nitrogen and oxygen atoms in total. The summed E-state index contributed by atoms with van der Waals surface area (Å²) in [6.07, 6.45) is 1.93. The number of nitrogens with zero attached hydrogens (tertiary/aromatic N) is 4. The van der Waals surface area contributed by atoms with Gasteiger partial charge in [0, 0.05) is 12.3 Å². The number of hydrogen-bond donors (Lipinski definition) is 1. The highest BCUT2D eigenvalue weighted by Gasteiger charge is 2.34. The van der Waals surface area contributed by atoms with Crippen molar-refractivity contribution in [1.29, 1.82) is 0 Å². The van der Waals surface area contributed by atoms with Gasteiger partial charge in [0.25, 0.3) is 0 Å².